The monoisotopic (exact) mass is 199 g/mol. The lowest BCUT2D eigenvalue weighted by Crippen LogP contribution is -2.46. The molecule has 0 aliphatic rings. The first kappa shape index (κ1) is 13.5. The first-order chi connectivity index (χ1) is 6.43. The van der Waals surface area contributed by atoms with Gasteiger partial charge in [-0.15, -0.1) is 0 Å². The fraction of sp³-hybridized carbons (Fsp3) is 0.917. The Morgan fingerprint density at radius 3 is 2.07 bits per heavy atom. The zero-order chi connectivity index (χ0) is 11.2. The Morgan fingerprint density at radius 1 is 1.14 bits per heavy atom. The highest BCUT2D eigenvalue weighted by molar-refractivity contribution is 5.76. The summed E-state index contributed by atoms with van der Waals surface area (Å²) in [5, 5.41) is 0. The fourth-order valence-electron chi connectivity index (χ4n) is 1.50. The van der Waals surface area contributed by atoms with Crippen LogP contribution >= 0.6 is 0 Å². The average molecular weight is 199 g/mol. The smallest absolute Gasteiger partial charge is 0.222 e. The first-order valence-corrected chi connectivity index (χ1v) is 5.74. The highest BCUT2D eigenvalue weighted by Gasteiger charge is 2.24. The van der Waals surface area contributed by atoms with Crippen molar-refractivity contribution in [2.75, 3.05) is 6.54 Å². The summed E-state index contributed by atoms with van der Waals surface area (Å²) in [6.45, 7) is 11.4. The molecule has 0 atom stereocenters. The van der Waals surface area contributed by atoms with Crippen LogP contribution in [-0.2, 0) is 4.79 Å². The Morgan fingerprint density at radius 2 is 1.71 bits per heavy atom. The van der Waals surface area contributed by atoms with Crippen molar-refractivity contribution in [2.45, 2.75) is 65.8 Å². The van der Waals surface area contributed by atoms with E-state index in [4.69, 9.17) is 0 Å². The van der Waals surface area contributed by atoms with E-state index in [2.05, 4.69) is 34.6 Å². The molecule has 2 heteroatoms. The topological polar surface area (TPSA) is 20.3 Å². The molecule has 0 heterocycles. The number of carbonyl (C=O) groups excluding carboxylic acids is 1. The summed E-state index contributed by atoms with van der Waals surface area (Å²) >= 11 is 0. The van der Waals surface area contributed by atoms with Crippen LogP contribution in [0.4, 0.5) is 0 Å². The minimum atomic E-state index is -0.0264. The summed E-state index contributed by atoms with van der Waals surface area (Å²) < 4.78 is 0. The Labute approximate surface area is 88.7 Å². The SMILES string of the molecule is CCCCN(C(=O)CCC)C(C)(C)C. The van der Waals surface area contributed by atoms with Crippen LogP contribution in [0.25, 0.3) is 0 Å². The van der Waals surface area contributed by atoms with Gasteiger partial charge >= 0.3 is 0 Å². The van der Waals surface area contributed by atoms with Gasteiger partial charge in [0.2, 0.25) is 5.91 Å². The van der Waals surface area contributed by atoms with Gasteiger partial charge in [-0.25, -0.2) is 0 Å². The van der Waals surface area contributed by atoms with Crippen LogP contribution < -0.4 is 0 Å². The summed E-state index contributed by atoms with van der Waals surface area (Å²) in [5.74, 6) is 0.299. The van der Waals surface area contributed by atoms with Gasteiger partial charge in [0.25, 0.3) is 0 Å². The largest absolute Gasteiger partial charge is 0.338 e. The first-order valence-electron chi connectivity index (χ1n) is 5.74. The molecule has 0 radical (unpaired) electrons. The number of hydrogen-bond acceptors (Lipinski definition) is 1. The highest BCUT2D eigenvalue weighted by Crippen LogP contribution is 2.16. The summed E-state index contributed by atoms with van der Waals surface area (Å²) in [4.78, 5) is 13.8. The van der Waals surface area contributed by atoms with E-state index in [1.165, 1.54) is 0 Å². The van der Waals surface area contributed by atoms with Crippen LogP contribution in [0.2, 0.25) is 0 Å². The molecule has 0 aliphatic heterocycles. The Balaban J connectivity index is 4.31. The molecule has 0 aromatic carbocycles. The predicted octanol–water partition coefficient (Wildman–Crippen LogP) is 3.21. The van der Waals surface area contributed by atoms with Crippen molar-refractivity contribution in [3.63, 3.8) is 0 Å². The average Bonchev–Trinajstić information content (AvgIpc) is 2.03. The molecule has 0 aromatic heterocycles. The van der Waals surface area contributed by atoms with Gasteiger partial charge in [-0.2, -0.15) is 0 Å². The van der Waals surface area contributed by atoms with E-state index in [0.29, 0.717) is 12.3 Å². The zero-order valence-corrected chi connectivity index (χ0v) is 10.4. The standard InChI is InChI=1S/C12H25NO/c1-6-8-10-13(12(3,4)5)11(14)9-7-2/h6-10H2,1-5H3. The molecule has 14 heavy (non-hydrogen) atoms. The molecule has 2 nitrogen and oxygen atoms in total. The molecule has 0 spiro atoms. The molecular weight excluding hydrogens is 174 g/mol. The molecule has 0 N–H and O–H groups in total. The van der Waals surface area contributed by atoms with Gasteiger partial charge in [-0.3, -0.25) is 4.79 Å². The second-order valence-corrected chi connectivity index (χ2v) is 4.82. The van der Waals surface area contributed by atoms with Crippen molar-refractivity contribution in [1.82, 2.24) is 4.90 Å². The fourth-order valence-corrected chi connectivity index (χ4v) is 1.50. The maximum atomic E-state index is 11.8. The van der Waals surface area contributed by atoms with Gasteiger partial charge in [-0.05, 0) is 33.6 Å². The van der Waals surface area contributed by atoms with Gasteiger partial charge in [0, 0.05) is 18.5 Å². The van der Waals surface area contributed by atoms with Gasteiger partial charge in [0.05, 0.1) is 0 Å². The molecule has 0 saturated carbocycles. The maximum Gasteiger partial charge on any atom is 0.222 e. The summed E-state index contributed by atoms with van der Waals surface area (Å²) in [5.41, 5.74) is -0.0264. The van der Waals surface area contributed by atoms with E-state index in [0.717, 1.165) is 25.8 Å². The maximum absolute atomic E-state index is 11.8. The molecule has 0 fully saturated rings. The van der Waals surface area contributed by atoms with Crippen molar-refractivity contribution < 1.29 is 4.79 Å². The Hall–Kier alpha value is -0.530. The van der Waals surface area contributed by atoms with Crippen molar-refractivity contribution in [3.8, 4) is 0 Å². The lowest BCUT2D eigenvalue weighted by atomic mass is 10.0. The van der Waals surface area contributed by atoms with Crippen LogP contribution in [-0.4, -0.2) is 22.9 Å². The van der Waals surface area contributed by atoms with Crippen molar-refractivity contribution in [2.24, 2.45) is 0 Å². The molecule has 0 aliphatic carbocycles. The number of amides is 1. The van der Waals surface area contributed by atoms with Crippen LogP contribution in [0.3, 0.4) is 0 Å². The third-order valence-corrected chi connectivity index (χ3v) is 2.31. The predicted molar refractivity (Wildman–Crippen MR) is 61.3 cm³/mol. The minimum Gasteiger partial charge on any atom is -0.338 e. The van der Waals surface area contributed by atoms with Gasteiger partial charge in [0.15, 0.2) is 0 Å². The lowest BCUT2D eigenvalue weighted by molar-refractivity contribution is -0.136. The van der Waals surface area contributed by atoms with E-state index >= 15 is 0 Å². The molecule has 0 rings (SSSR count). The molecule has 0 aromatic rings. The molecule has 0 unspecified atom stereocenters. The van der Waals surface area contributed by atoms with Gasteiger partial charge in [0.1, 0.15) is 0 Å². The Bertz CT molecular complexity index is 170. The third kappa shape index (κ3) is 4.64. The highest BCUT2D eigenvalue weighted by atomic mass is 16.2. The molecule has 84 valence electrons. The summed E-state index contributed by atoms with van der Waals surface area (Å²) in [6.07, 6.45) is 3.87. The lowest BCUT2D eigenvalue weighted by Gasteiger charge is -2.36. The van der Waals surface area contributed by atoms with E-state index in [9.17, 15) is 4.79 Å². The number of unbranched alkanes of at least 4 members (excludes halogenated alkanes) is 1. The number of carbonyl (C=O) groups is 1. The van der Waals surface area contributed by atoms with Crippen LogP contribution in [0.15, 0.2) is 0 Å². The molecular formula is C12H25NO. The number of nitrogens with zero attached hydrogens (tertiary/aromatic N) is 1. The van der Waals surface area contributed by atoms with E-state index in [1.54, 1.807) is 0 Å². The summed E-state index contributed by atoms with van der Waals surface area (Å²) in [7, 11) is 0. The van der Waals surface area contributed by atoms with Crippen molar-refractivity contribution in [3.05, 3.63) is 0 Å². The molecule has 0 saturated heterocycles. The van der Waals surface area contributed by atoms with Gasteiger partial charge < -0.3 is 4.90 Å². The van der Waals surface area contributed by atoms with Gasteiger partial charge in [-0.1, -0.05) is 20.3 Å². The normalized spacial score (nSPS) is 11.5. The van der Waals surface area contributed by atoms with Crippen LogP contribution in [0.5, 0.6) is 0 Å². The quantitative estimate of drug-likeness (QED) is 0.666. The minimum absolute atomic E-state index is 0.0264. The van der Waals surface area contributed by atoms with Crippen LogP contribution in [0.1, 0.15) is 60.3 Å². The molecule has 0 bridgehead atoms. The van der Waals surface area contributed by atoms with E-state index in [-0.39, 0.29) is 5.54 Å². The van der Waals surface area contributed by atoms with E-state index < -0.39 is 0 Å². The second kappa shape index (κ2) is 6.05. The summed E-state index contributed by atoms with van der Waals surface area (Å²) in [6, 6.07) is 0. The van der Waals surface area contributed by atoms with Crippen molar-refractivity contribution >= 4 is 5.91 Å². The molecule has 1 amide bonds. The number of rotatable bonds is 5. The number of hydrogen-bond donors (Lipinski definition) is 0. The zero-order valence-electron chi connectivity index (χ0n) is 10.4. The van der Waals surface area contributed by atoms with Crippen molar-refractivity contribution in [1.29, 1.82) is 0 Å². The second-order valence-electron chi connectivity index (χ2n) is 4.82. The Kier molecular flexibility index (Phi) is 5.82. The van der Waals surface area contributed by atoms with Crippen LogP contribution in [0, 0.1) is 0 Å². The van der Waals surface area contributed by atoms with E-state index in [1.807, 2.05) is 4.90 Å². The third-order valence-electron chi connectivity index (χ3n) is 2.31.